The number of furan rings is 1. The van der Waals surface area contributed by atoms with Gasteiger partial charge in [-0.1, -0.05) is 0 Å². The average Bonchev–Trinajstić information content (AvgIpc) is 3.09. The zero-order chi connectivity index (χ0) is 18.4. The molecule has 0 radical (unpaired) electrons. The number of likely N-dealkylation sites (N-methyl/N-ethyl adjacent to an activating group) is 1. The van der Waals surface area contributed by atoms with E-state index in [1.807, 2.05) is 19.0 Å². The highest BCUT2D eigenvalue weighted by Gasteiger charge is 2.21. The SMILES string of the molecule is CCOC(=O)c1ccc(S(=O)(=O)NCC(c2ccco2)N(C)C)cc1. The number of nitrogens with zero attached hydrogens (tertiary/aromatic N) is 1. The number of hydrogen-bond acceptors (Lipinski definition) is 6. The number of rotatable bonds is 8. The van der Waals surface area contributed by atoms with Crippen LogP contribution in [0.15, 0.2) is 52.0 Å². The van der Waals surface area contributed by atoms with Crippen molar-refractivity contribution in [2.75, 3.05) is 27.2 Å². The summed E-state index contributed by atoms with van der Waals surface area (Å²) in [4.78, 5) is 13.6. The van der Waals surface area contributed by atoms with Crippen molar-refractivity contribution < 1.29 is 22.4 Å². The highest BCUT2D eigenvalue weighted by atomic mass is 32.2. The van der Waals surface area contributed by atoms with Gasteiger partial charge in [-0.15, -0.1) is 0 Å². The molecular weight excluding hydrogens is 344 g/mol. The van der Waals surface area contributed by atoms with Crippen molar-refractivity contribution >= 4 is 16.0 Å². The summed E-state index contributed by atoms with van der Waals surface area (Å²) in [6.45, 7) is 2.13. The topological polar surface area (TPSA) is 88.8 Å². The highest BCUT2D eigenvalue weighted by Crippen LogP contribution is 2.19. The maximum absolute atomic E-state index is 12.5. The van der Waals surface area contributed by atoms with Gasteiger partial charge in [0.1, 0.15) is 5.76 Å². The molecule has 2 rings (SSSR count). The number of carbonyl (C=O) groups excluding carboxylic acids is 1. The highest BCUT2D eigenvalue weighted by molar-refractivity contribution is 7.89. The lowest BCUT2D eigenvalue weighted by Crippen LogP contribution is -2.34. The molecule has 0 saturated carbocycles. The molecule has 0 bridgehead atoms. The lowest BCUT2D eigenvalue weighted by Gasteiger charge is -2.22. The summed E-state index contributed by atoms with van der Waals surface area (Å²) in [5, 5.41) is 0. The van der Waals surface area contributed by atoms with E-state index < -0.39 is 16.0 Å². The van der Waals surface area contributed by atoms with E-state index in [4.69, 9.17) is 9.15 Å². The van der Waals surface area contributed by atoms with Crippen molar-refractivity contribution in [3.63, 3.8) is 0 Å². The molecule has 8 heteroatoms. The molecule has 0 aliphatic rings. The lowest BCUT2D eigenvalue weighted by atomic mass is 10.2. The maximum atomic E-state index is 12.5. The third kappa shape index (κ3) is 4.91. The Labute approximate surface area is 147 Å². The van der Waals surface area contributed by atoms with Gasteiger partial charge in [-0.25, -0.2) is 17.9 Å². The quantitative estimate of drug-likeness (QED) is 0.719. The summed E-state index contributed by atoms with van der Waals surface area (Å²) in [5.74, 6) is 0.190. The molecule has 136 valence electrons. The lowest BCUT2D eigenvalue weighted by molar-refractivity contribution is 0.0526. The van der Waals surface area contributed by atoms with Crippen LogP contribution in [0.4, 0.5) is 0 Å². The third-order valence-electron chi connectivity index (χ3n) is 3.64. The van der Waals surface area contributed by atoms with Crippen LogP contribution in [0.1, 0.15) is 29.1 Å². The molecular formula is C17H22N2O5S. The molecule has 1 unspecified atom stereocenters. The normalized spacial score (nSPS) is 13.0. The molecule has 0 spiro atoms. The molecule has 1 N–H and O–H groups in total. The molecule has 1 atom stereocenters. The molecule has 25 heavy (non-hydrogen) atoms. The third-order valence-corrected chi connectivity index (χ3v) is 5.08. The van der Waals surface area contributed by atoms with E-state index in [1.165, 1.54) is 24.3 Å². The van der Waals surface area contributed by atoms with Gasteiger partial charge in [-0.05, 0) is 57.4 Å². The van der Waals surface area contributed by atoms with Crippen molar-refractivity contribution in [2.24, 2.45) is 0 Å². The number of hydrogen-bond donors (Lipinski definition) is 1. The first-order valence-corrected chi connectivity index (χ1v) is 9.30. The van der Waals surface area contributed by atoms with E-state index in [2.05, 4.69) is 4.72 Å². The van der Waals surface area contributed by atoms with Gasteiger partial charge in [0.15, 0.2) is 0 Å². The second-order valence-electron chi connectivity index (χ2n) is 5.59. The molecule has 0 fully saturated rings. The van der Waals surface area contributed by atoms with E-state index in [9.17, 15) is 13.2 Å². The van der Waals surface area contributed by atoms with Crippen molar-refractivity contribution in [1.29, 1.82) is 0 Å². The predicted octanol–water partition coefficient (Wildman–Crippen LogP) is 2.04. The standard InChI is InChI=1S/C17H22N2O5S/c1-4-23-17(20)13-7-9-14(10-8-13)25(21,22)18-12-15(19(2)3)16-6-5-11-24-16/h5-11,15,18H,4,12H2,1-3H3. The fourth-order valence-corrected chi connectivity index (χ4v) is 3.31. The van der Waals surface area contributed by atoms with Crippen LogP contribution < -0.4 is 4.72 Å². The largest absolute Gasteiger partial charge is 0.468 e. The molecule has 2 aromatic rings. The first-order chi connectivity index (χ1) is 11.8. The second-order valence-corrected chi connectivity index (χ2v) is 7.36. The number of benzene rings is 1. The van der Waals surface area contributed by atoms with E-state index in [-0.39, 0.29) is 24.1 Å². The number of nitrogens with one attached hydrogen (secondary N) is 1. The van der Waals surface area contributed by atoms with E-state index >= 15 is 0 Å². The Bertz CT molecular complexity index is 783. The van der Waals surface area contributed by atoms with Crippen molar-refractivity contribution in [1.82, 2.24) is 9.62 Å². The van der Waals surface area contributed by atoms with Crippen LogP contribution in [0.5, 0.6) is 0 Å². The minimum atomic E-state index is -3.71. The molecule has 0 aliphatic carbocycles. The summed E-state index contributed by atoms with van der Waals surface area (Å²) in [6.07, 6.45) is 1.55. The average molecular weight is 366 g/mol. The maximum Gasteiger partial charge on any atom is 0.338 e. The first-order valence-electron chi connectivity index (χ1n) is 7.82. The predicted molar refractivity (Wildman–Crippen MR) is 92.7 cm³/mol. The first kappa shape index (κ1) is 19.2. The summed E-state index contributed by atoms with van der Waals surface area (Å²) in [6, 6.07) is 8.95. The smallest absolute Gasteiger partial charge is 0.338 e. The van der Waals surface area contributed by atoms with Crippen molar-refractivity contribution in [3.05, 3.63) is 54.0 Å². The van der Waals surface area contributed by atoms with Gasteiger partial charge in [-0.2, -0.15) is 0 Å². The zero-order valence-electron chi connectivity index (χ0n) is 14.4. The minimum absolute atomic E-state index is 0.0810. The van der Waals surface area contributed by atoms with E-state index in [0.29, 0.717) is 11.3 Å². The van der Waals surface area contributed by atoms with Crippen molar-refractivity contribution in [2.45, 2.75) is 17.9 Å². The molecule has 0 amide bonds. The van der Waals surface area contributed by atoms with E-state index in [1.54, 1.807) is 25.3 Å². The number of carbonyl (C=O) groups is 1. The molecule has 7 nitrogen and oxygen atoms in total. The Balaban J connectivity index is 2.09. The Hall–Kier alpha value is -2.16. The van der Waals surface area contributed by atoms with Gasteiger partial charge in [-0.3, -0.25) is 4.90 Å². The van der Waals surface area contributed by atoms with Crippen LogP contribution in [0.2, 0.25) is 0 Å². The summed E-state index contributed by atoms with van der Waals surface area (Å²) in [5.41, 5.74) is 0.308. The van der Waals surface area contributed by atoms with Gasteiger partial charge in [0.25, 0.3) is 0 Å². The Kier molecular flexibility index (Phi) is 6.35. The second kappa shape index (κ2) is 8.28. The minimum Gasteiger partial charge on any atom is -0.468 e. The van der Waals surface area contributed by atoms with Gasteiger partial charge >= 0.3 is 5.97 Å². The van der Waals surface area contributed by atoms with Crippen LogP contribution in [0, 0.1) is 0 Å². The Morgan fingerprint density at radius 2 is 1.92 bits per heavy atom. The number of ether oxygens (including phenoxy) is 1. The monoisotopic (exact) mass is 366 g/mol. The van der Waals surface area contributed by atoms with Gasteiger partial charge in [0.05, 0.1) is 29.4 Å². The molecule has 0 aliphatic heterocycles. The Morgan fingerprint density at radius 3 is 2.44 bits per heavy atom. The van der Waals surface area contributed by atoms with Crippen molar-refractivity contribution in [3.8, 4) is 0 Å². The zero-order valence-corrected chi connectivity index (χ0v) is 15.2. The number of sulfonamides is 1. The molecule has 1 aromatic carbocycles. The summed E-state index contributed by atoms with van der Waals surface area (Å²) >= 11 is 0. The molecule has 0 saturated heterocycles. The van der Waals surface area contributed by atoms with Crippen LogP contribution in [0.3, 0.4) is 0 Å². The summed E-state index contributed by atoms with van der Waals surface area (Å²) < 4.78 is 37.7. The van der Waals surface area contributed by atoms with Crippen LogP contribution in [-0.4, -0.2) is 46.5 Å². The number of esters is 1. The fourth-order valence-electron chi connectivity index (χ4n) is 2.28. The Morgan fingerprint density at radius 1 is 1.24 bits per heavy atom. The van der Waals surface area contributed by atoms with Gasteiger partial charge in [0, 0.05) is 6.54 Å². The van der Waals surface area contributed by atoms with Gasteiger partial charge < -0.3 is 9.15 Å². The molecule has 1 aromatic heterocycles. The van der Waals surface area contributed by atoms with Crippen LogP contribution in [-0.2, 0) is 14.8 Å². The van der Waals surface area contributed by atoms with Crippen LogP contribution in [0.25, 0.3) is 0 Å². The molecule has 1 heterocycles. The fraction of sp³-hybridized carbons (Fsp3) is 0.353. The van der Waals surface area contributed by atoms with Crippen LogP contribution >= 0.6 is 0 Å². The summed E-state index contributed by atoms with van der Waals surface area (Å²) in [7, 11) is -0.0194. The van der Waals surface area contributed by atoms with E-state index in [0.717, 1.165) is 0 Å². The van der Waals surface area contributed by atoms with Gasteiger partial charge in [0.2, 0.25) is 10.0 Å².